The van der Waals surface area contributed by atoms with E-state index in [4.69, 9.17) is 4.74 Å². The van der Waals surface area contributed by atoms with Crippen molar-refractivity contribution in [3.63, 3.8) is 0 Å². The lowest BCUT2D eigenvalue weighted by Crippen LogP contribution is -2.06. The third-order valence-corrected chi connectivity index (χ3v) is 2.58. The van der Waals surface area contributed by atoms with E-state index in [0.29, 0.717) is 5.56 Å². The Morgan fingerprint density at radius 2 is 2.05 bits per heavy atom. The molecule has 0 aliphatic rings. The number of unbranched alkanes of at least 4 members (excludes halogenated alkanes) is 2. The van der Waals surface area contributed by atoms with Gasteiger partial charge in [-0.25, -0.2) is 0 Å². The summed E-state index contributed by atoms with van der Waals surface area (Å²) in [6.07, 6.45) is 2.09. The zero-order chi connectivity index (χ0) is 15.0. The average Bonchev–Trinajstić information content (AvgIpc) is 2.42. The summed E-state index contributed by atoms with van der Waals surface area (Å²) in [6.45, 7) is 3.38. The van der Waals surface area contributed by atoms with Crippen molar-refractivity contribution in [2.75, 3.05) is 0 Å². The predicted molar refractivity (Wildman–Crippen MR) is 74.9 cm³/mol. The maximum absolute atomic E-state index is 11.1. The SMILES string of the molecule is CCCCC#CC(OC(C)=O)c1ccc([N+](=O)[O-])cc1. The molecule has 0 bridgehead atoms. The number of carbonyl (C=O) groups excluding carboxylic acids is 1. The van der Waals surface area contributed by atoms with E-state index >= 15 is 0 Å². The van der Waals surface area contributed by atoms with Gasteiger partial charge < -0.3 is 4.74 Å². The summed E-state index contributed by atoms with van der Waals surface area (Å²) in [5, 5.41) is 10.6. The third kappa shape index (κ3) is 5.11. The number of rotatable bonds is 5. The van der Waals surface area contributed by atoms with Gasteiger partial charge in [0.2, 0.25) is 0 Å². The van der Waals surface area contributed by atoms with Crippen LogP contribution in [0.2, 0.25) is 0 Å². The molecule has 5 heteroatoms. The fourth-order valence-electron chi connectivity index (χ4n) is 1.55. The molecule has 0 spiro atoms. The monoisotopic (exact) mass is 275 g/mol. The van der Waals surface area contributed by atoms with Crippen molar-refractivity contribution >= 4 is 11.7 Å². The van der Waals surface area contributed by atoms with Crippen molar-refractivity contribution in [3.8, 4) is 11.8 Å². The van der Waals surface area contributed by atoms with Crippen LogP contribution in [0.3, 0.4) is 0 Å². The van der Waals surface area contributed by atoms with Gasteiger partial charge in [0, 0.05) is 31.0 Å². The zero-order valence-electron chi connectivity index (χ0n) is 11.6. The Morgan fingerprint density at radius 3 is 2.55 bits per heavy atom. The summed E-state index contributed by atoms with van der Waals surface area (Å²) in [7, 11) is 0. The average molecular weight is 275 g/mol. The van der Waals surface area contributed by atoms with E-state index in [1.807, 2.05) is 0 Å². The van der Waals surface area contributed by atoms with E-state index in [1.165, 1.54) is 19.1 Å². The summed E-state index contributed by atoms with van der Waals surface area (Å²) in [5.74, 6) is 5.42. The van der Waals surface area contributed by atoms with E-state index < -0.39 is 17.0 Å². The summed E-state index contributed by atoms with van der Waals surface area (Å²) in [5.41, 5.74) is 0.629. The molecule has 1 rings (SSSR count). The van der Waals surface area contributed by atoms with Crippen molar-refractivity contribution in [3.05, 3.63) is 39.9 Å². The molecule has 0 fully saturated rings. The Kier molecular flexibility index (Phi) is 6.24. The first kappa shape index (κ1) is 15.7. The first-order valence-corrected chi connectivity index (χ1v) is 6.44. The maximum atomic E-state index is 11.1. The lowest BCUT2D eigenvalue weighted by atomic mass is 10.1. The highest BCUT2D eigenvalue weighted by atomic mass is 16.6. The highest BCUT2D eigenvalue weighted by Gasteiger charge is 2.13. The van der Waals surface area contributed by atoms with Crippen LogP contribution in [0.25, 0.3) is 0 Å². The van der Waals surface area contributed by atoms with Gasteiger partial charge in [-0.1, -0.05) is 25.2 Å². The lowest BCUT2D eigenvalue weighted by molar-refractivity contribution is -0.384. The van der Waals surface area contributed by atoms with Crippen LogP contribution in [0.4, 0.5) is 5.69 Å². The molecule has 0 aromatic heterocycles. The molecule has 0 heterocycles. The number of non-ortho nitro benzene ring substituents is 1. The standard InChI is InChI=1S/C15H17NO4/c1-3-4-5-6-7-15(20-12(2)17)13-8-10-14(11-9-13)16(18)19/h8-11,15H,3-5H2,1-2H3. The lowest BCUT2D eigenvalue weighted by Gasteiger charge is -2.11. The van der Waals surface area contributed by atoms with Crippen LogP contribution >= 0.6 is 0 Å². The van der Waals surface area contributed by atoms with E-state index in [-0.39, 0.29) is 5.69 Å². The number of carbonyl (C=O) groups is 1. The molecule has 0 saturated heterocycles. The molecule has 0 amide bonds. The van der Waals surface area contributed by atoms with Crippen molar-refractivity contribution < 1.29 is 14.5 Å². The number of nitro groups is 1. The second kappa shape index (κ2) is 7.95. The first-order chi connectivity index (χ1) is 9.54. The minimum atomic E-state index is -0.676. The Labute approximate surface area is 118 Å². The molecular formula is C15H17NO4. The van der Waals surface area contributed by atoms with Crippen LogP contribution in [-0.2, 0) is 9.53 Å². The van der Waals surface area contributed by atoms with Crippen LogP contribution in [0.5, 0.6) is 0 Å². The number of hydrogen-bond donors (Lipinski definition) is 0. The van der Waals surface area contributed by atoms with Crippen LogP contribution < -0.4 is 0 Å². The minimum Gasteiger partial charge on any atom is -0.444 e. The number of ether oxygens (including phenoxy) is 1. The molecule has 1 atom stereocenters. The van der Waals surface area contributed by atoms with Crippen molar-refractivity contribution in [2.45, 2.75) is 39.2 Å². The maximum Gasteiger partial charge on any atom is 0.304 e. The van der Waals surface area contributed by atoms with Crippen molar-refractivity contribution in [2.24, 2.45) is 0 Å². The molecule has 20 heavy (non-hydrogen) atoms. The smallest absolute Gasteiger partial charge is 0.304 e. The Balaban J connectivity index is 2.88. The van der Waals surface area contributed by atoms with E-state index in [2.05, 4.69) is 18.8 Å². The molecule has 5 nitrogen and oxygen atoms in total. The van der Waals surface area contributed by atoms with Crippen molar-refractivity contribution in [1.82, 2.24) is 0 Å². The van der Waals surface area contributed by atoms with Crippen LogP contribution in [0.15, 0.2) is 24.3 Å². The number of nitro benzene ring substituents is 1. The summed E-state index contributed by atoms with van der Waals surface area (Å²) >= 11 is 0. The quantitative estimate of drug-likeness (QED) is 0.271. The number of nitrogens with zero attached hydrogens (tertiary/aromatic N) is 1. The fourth-order valence-corrected chi connectivity index (χ4v) is 1.55. The summed E-state index contributed by atoms with van der Waals surface area (Å²) < 4.78 is 5.13. The third-order valence-electron chi connectivity index (χ3n) is 2.58. The Morgan fingerprint density at radius 1 is 1.40 bits per heavy atom. The topological polar surface area (TPSA) is 69.4 Å². The van der Waals surface area contributed by atoms with E-state index in [0.717, 1.165) is 19.3 Å². The molecule has 1 aromatic rings. The molecule has 0 N–H and O–H groups in total. The van der Waals surface area contributed by atoms with Crippen LogP contribution in [0, 0.1) is 22.0 Å². The number of benzene rings is 1. The molecule has 1 unspecified atom stereocenters. The zero-order valence-corrected chi connectivity index (χ0v) is 11.6. The Bertz CT molecular complexity index is 525. The van der Waals surface area contributed by atoms with Crippen molar-refractivity contribution in [1.29, 1.82) is 0 Å². The minimum absolute atomic E-state index is 0.00531. The number of hydrogen-bond acceptors (Lipinski definition) is 4. The van der Waals surface area contributed by atoms with Gasteiger partial charge in [-0.15, -0.1) is 0 Å². The molecule has 0 aliphatic carbocycles. The van der Waals surface area contributed by atoms with Gasteiger partial charge in [0.25, 0.3) is 5.69 Å². The second-order valence-electron chi connectivity index (χ2n) is 4.26. The molecule has 1 aromatic carbocycles. The number of esters is 1. The van der Waals surface area contributed by atoms with Gasteiger partial charge in [-0.05, 0) is 18.6 Å². The largest absolute Gasteiger partial charge is 0.444 e. The fraction of sp³-hybridized carbons (Fsp3) is 0.400. The normalized spacial score (nSPS) is 11.1. The molecule has 106 valence electrons. The molecular weight excluding hydrogens is 258 g/mol. The highest BCUT2D eigenvalue weighted by Crippen LogP contribution is 2.20. The van der Waals surface area contributed by atoms with Crippen LogP contribution in [0.1, 0.15) is 44.8 Å². The Hall–Kier alpha value is -2.35. The van der Waals surface area contributed by atoms with Gasteiger partial charge in [0.05, 0.1) is 4.92 Å². The predicted octanol–water partition coefficient (Wildman–Crippen LogP) is 3.39. The van der Waals surface area contributed by atoms with E-state index in [1.54, 1.807) is 12.1 Å². The van der Waals surface area contributed by atoms with Crippen LogP contribution in [-0.4, -0.2) is 10.9 Å². The molecule has 0 aliphatic heterocycles. The van der Waals surface area contributed by atoms with Gasteiger partial charge in [0.15, 0.2) is 6.10 Å². The van der Waals surface area contributed by atoms with Gasteiger partial charge in [0.1, 0.15) is 0 Å². The van der Waals surface area contributed by atoms with Gasteiger partial charge in [-0.3, -0.25) is 14.9 Å². The highest BCUT2D eigenvalue weighted by molar-refractivity contribution is 5.66. The second-order valence-corrected chi connectivity index (χ2v) is 4.26. The summed E-state index contributed by atoms with van der Waals surface area (Å²) in [4.78, 5) is 21.2. The summed E-state index contributed by atoms with van der Waals surface area (Å²) in [6, 6.07) is 5.86. The molecule has 0 saturated carbocycles. The van der Waals surface area contributed by atoms with Gasteiger partial charge >= 0.3 is 5.97 Å². The first-order valence-electron chi connectivity index (χ1n) is 6.44. The van der Waals surface area contributed by atoms with Gasteiger partial charge in [-0.2, -0.15) is 0 Å². The molecule has 0 radical (unpaired) electrons. The van der Waals surface area contributed by atoms with E-state index in [9.17, 15) is 14.9 Å².